The highest BCUT2D eigenvalue weighted by molar-refractivity contribution is 8.00. The number of amides is 2. The van der Waals surface area contributed by atoms with E-state index < -0.39 is 11.2 Å². The number of hydrogen-bond donors (Lipinski definition) is 1. The number of nitrogens with zero attached hydrogens (tertiary/aromatic N) is 1. The molecule has 0 saturated carbocycles. The Kier molecular flexibility index (Phi) is 4.35. The standard InChI is InChI=1S/C13H12ClNO4S/c1-2-15-11(16)6-10(12(15)17)20-7-3-4-9(14)8(5-7)13(18)19/h3-5,10H,2,6H2,1H3,(H,18,19). The summed E-state index contributed by atoms with van der Waals surface area (Å²) in [6.07, 6.45) is 0.141. The number of hydrogen-bond acceptors (Lipinski definition) is 4. The quantitative estimate of drug-likeness (QED) is 0.863. The lowest BCUT2D eigenvalue weighted by atomic mass is 10.2. The largest absolute Gasteiger partial charge is 0.478 e. The maximum atomic E-state index is 12.0. The van der Waals surface area contributed by atoms with Gasteiger partial charge >= 0.3 is 5.97 Å². The molecule has 1 unspecified atom stereocenters. The second-order valence-electron chi connectivity index (χ2n) is 4.23. The van der Waals surface area contributed by atoms with Gasteiger partial charge in [-0.15, -0.1) is 11.8 Å². The summed E-state index contributed by atoms with van der Waals surface area (Å²) in [5.74, 6) is -1.54. The van der Waals surface area contributed by atoms with E-state index in [0.717, 1.165) is 0 Å². The van der Waals surface area contributed by atoms with Crippen LogP contribution in [0.3, 0.4) is 0 Å². The smallest absolute Gasteiger partial charge is 0.337 e. The highest BCUT2D eigenvalue weighted by Crippen LogP contribution is 2.33. The van der Waals surface area contributed by atoms with Gasteiger partial charge in [0, 0.05) is 17.9 Å². The van der Waals surface area contributed by atoms with Crippen LogP contribution in [0.1, 0.15) is 23.7 Å². The molecule has 5 nitrogen and oxygen atoms in total. The van der Waals surface area contributed by atoms with Crippen LogP contribution in [0.25, 0.3) is 0 Å². The van der Waals surface area contributed by atoms with Crippen LogP contribution in [0, 0.1) is 0 Å². The minimum Gasteiger partial charge on any atom is -0.478 e. The number of aromatic carboxylic acids is 1. The predicted octanol–water partition coefficient (Wildman–Crippen LogP) is 2.28. The summed E-state index contributed by atoms with van der Waals surface area (Å²) in [5, 5.41) is 8.65. The fourth-order valence-electron chi connectivity index (χ4n) is 1.98. The average molecular weight is 314 g/mol. The Morgan fingerprint density at radius 2 is 2.20 bits per heavy atom. The zero-order chi connectivity index (χ0) is 14.9. The first-order chi connectivity index (χ1) is 9.43. The van der Waals surface area contributed by atoms with Gasteiger partial charge in [-0.3, -0.25) is 14.5 Å². The van der Waals surface area contributed by atoms with E-state index in [1.54, 1.807) is 13.0 Å². The molecule has 0 aromatic heterocycles. The van der Waals surface area contributed by atoms with Crippen molar-refractivity contribution < 1.29 is 19.5 Å². The third kappa shape index (κ3) is 2.81. The Balaban J connectivity index is 2.19. The minimum atomic E-state index is -1.12. The minimum absolute atomic E-state index is 0.0132. The number of carboxylic acids is 1. The normalized spacial score (nSPS) is 18.7. The molecule has 1 aromatic rings. The second-order valence-corrected chi connectivity index (χ2v) is 5.92. The van der Waals surface area contributed by atoms with E-state index in [9.17, 15) is 14.4 Å². The summed E-state index contributed by atoms with van der Waals surface area (Å²) in [4.78, 5) is 36.4. The van der Waals surface area contributed by atoms with Gasteiger partial charge in [-0.25, -0.2) is 4.79 Å². The fraction of sp³-hybridized carbons (Fsp3) is 0.308. The molecule has 1 heterocycles. The van der Waals surface area contributed by atoms with Crippen molar-refractivity contribution in [2.24, 2.45) is 0 Å². The molecule has 1 saturated heterocycles. The third-order valence-electron chi connectivity index (χ3n) is 2.97. The van der Waals surface area contributed by atoms with E-state index in [1.807, 2.05) is 0 Å². The Morgan fingerprint density at radius 1 is 1.50 bits per heavy atom. The van der Waals surface area contributed by atoms with Crippen LogP contribution in [0.4, 0.5) is 0 Å². The number of thioether (sulfide) groups is 1. The van der Waals surface area contributed by atoms with E-state index in [4.69, 9.17) is 16.7 Å². The molecule has 2 amide bonds. The Bertz CT molecular complexity index is 590. The van der Waals surface area contributed by atoms with Crippen molar-refractivity contribution in [3.63, 3.8) is 0 Å². The van der Waals surface area contributed by atoms with Gasteiger partial charge in [0.25, 0.3) is 0 Å². The molecule has 1 atom stereocenters. The maximum Gasteiger partial charge on any atom is 0.337 e. The van der Waals surface area contributed by atoms with Crippen LogP contribution in [0.2, 0.25) is 5.02 Å². The second kappa shape index (κ2) is 5.85. The number of halogens is 1. The van der Waals surface area contributed by atoms with Crippen molar-refractivity contribution in [3.05, 3.63) is 28.8 Å². The molecule has 1 aliphatic heterocycles. The highest BCUT2D eigenvalue weighted by atomic mass is 35.5. The Hall–Kier alpha value is -1.53. The zero-order valence-electron chi connectivity index (χ0n) is 10.6. The summed E-state index contributed by atoms with van der Waals surface area (Å²) in [6, 6.07) is 4.54. The molecule has 2 rings (SSSR count). The topological polar surface area (TPSA) is 74.7 Å². The lowest BCUT2D eigenvalue weighted by molar-refractivity contribution is -0.137. The number of rotatable bonds is 4. The summed E-state index contributed by atoms with van der Waals surface area (Å²) in [5.41, 5.74) is -0.0132. The van der Waals surface area contributed by atoms with Crippen LogP contribution >= 0.6 is 23.4 Å². The van der Waals surface area contributed by atoms with Crippen molar-refractivity contribution in [1.29, 1.82) is 0 Å². The molecule has 7 heteroatoms. The molecule has 1 N–H and O–H groups in total. The first-order valence-corrected chi connectivity index (χ1v) is 7.23. The zero-order valence-corrected chi connectivity index (χ0v) is 12.2. The lowest BCUT2D eigenvalue weighted by Gasteiger charge is -2.12. The summed E-state index contributed by atoms with van der Waals surface area (Å²) < 4.78 is 0. The van der Waals surface area contributed by atoms with Crippen LogP contribution < -0.4 is 0 Å². The van der Waals surface area contributed by atoms with Gasteiger partial charge < -0.3 is 5.11 Å². The number of carboxylic acid groups (broad SMARTS) is 1. The third-order valence-corrected chi connectivity index (χ3v) is 4.47. The van der Waals surface area contributed by atoms with E-state index in [-0.39, 0.29) is 28.8 Å². The number of carbonyl (C=O) groups is 3. The summed E-state index contributed by atoms with van der Waals surface area (Å²) >= 11 is 6.97. The molecule has 0 bridgehead atoms. The molecule has 0 aliphatic carbocycles. The number of imide groups is 1. The molecular weight excluding hydrogens is 302 g/mol. The monoisotopic (exact) mass is 313 g/mol. The average Bonchev–Trinajstić information content (AvgIpc) is 2.66. The SMILES string of the molecule is CCN1C(=O)CC(Sc2ccc(Cl)c(C(=O)O)c2)C1=O. The molecule has 1 aromatic carbocycles. The van der Waals surface area contributed by atoms with Gasteiger partial charge in [0.2, 0.25) is 11.8 Å². The van der Waals surface area contributed by atoms with Crippen molar-refractivity contribution in [2.75, 3.05) is 6.54 Å². The molecule has 1 aliphatic rings. The van der Waals surface area contributed by atoms with Gasteiger partial charge in [-0.2, -0.15) is 0 Å². The number of carbonyl (C=O) groups excluding carboxylic acids is 2. The summed E-state index contributed by atoms with van der Waals surface area (Å²) in [6.45, 7) is 2.10. The highest BCUT2D eigenvalue weighted by Gasteiger charge is 2.38. The molecule has 0 radical (unpaired) electrons. The van der Waals surface area contributed by atoms with E-state index in [1.165, 1.54) is 28.8 Å². The van der Waals surface area contributed by atoms with Gasteiger partial charge in [0.1, 0.15) is 0 Å². The Labute approximate surface area is 124 Å². The number of likely N-dealkylation sites (tertiary alicyclic amines) is 1. The fourth-order valence-corrected chi connectivity index (χ4v) is 3.30. The maximum absolute atomic E-state index is 12.0. The number of benzene rings is 1. The summed E-state index contributed by atoms with van der Waals surface area (Å²) in [7, 11) is 0. The molecule has 106 valence electrons. The molecule has 1 fully saturated rings. The van der Waals surface area contributed by atoms with Crippen molar-refractivity contribution in [3.8, 4) is 0 Å². The molecule has 20 heavy (non-hydrogen) atoms. The van der Waals surface area contributed by atoms with Crippen LogP contribution in [0.15, 0.2) is 23.1 Å². The van der Waals surface area contributed by atoms with E-state index in [0.29, 0.717) is 11.4 Å². The first kappa shape index (κ1) is 14.9. The van der Waals surface area contributed by atoms with Crippen LogP contribution in [-0.4, -0.2) is 39.6 Å². The van der Waals surface area contributed by atoms with E-state index in [2.05, 4.69) is 0 Å². The van der Waals surface area contributed by atoms with Crippen LogP contribution in [0.5, 0.6) is 0 Å². The lowest BCUT2D eigenvalue weighted by Crippen LogP contribution is -2.30. The van der Waals surface area contributed by atoms with Crippen molar-refractivity contribution in [1.82, 2.24) is 4.90 Å². The van der Waals surface area contributed by atoms with E-state index >= 15 is 0 Å². The van der Waals surface area contributed by atoms with Crippen molar-refractivity contribution >= 4 is 41.1 Å². The first-order valence-electron chi connectivity index (χ1n) is 5.97. The van der Waals surface area contributed by atoms with Gasteiger partial charge in [0.05, 0.1) is 15.8 Å². The predicted molar refractivity (Wildman–Crippen MR) is 75.1 cm³/mol. The van der Waals surface area contributed by atoms with Crippen LogP contribution in [-0.2, 0) is 9.59 Å². The van der Waals surface area contributed by atoms with Crippen molar-refractivity contribution in [2.45, 2.75) is 23.5 Å². The molecular formula is C13H12ClNO4S. The van der Waals surface area contributed by atoms with Gasteiger partial charge in [-0.05, 0) is 25.1 Å². The van der Waals surface area contributed by atoms with Gasteiger partial charge in [0.15, 0.2) is 0 Å². The van der Waals surface area contributed by atoms with Gasteiger partial charge in [-0.1, -0.05) is 11.6 Å². The molecule has 0 spiro atoms. The Morgan fingerprint density at radius 3 is 2.75 bits per heavy atom.